The average Bonchev–Trinajstić information content (AvgIpc) is 2.26. The van der Waals surface area contributed by atoms with E-state index in [2.05, 4.69) is 17.3 Å². The lowest BCUT2D eigenvalue weighted by Gasteiger charge is -2.36. The molecular formula is C12H26N2O2. The molecule has 0 amide bonds. The summed E-state index contributed by atoms with van der Waals surface area (Å²) in [6.45, 7) is 3.73. The Morgan fingerprint density at radius 3 is 2.62 bits per heavy atom. The van der Waals surface area contributed by atoms with Crippen molar-refractivity contribution < 1.29 is 10.2 Å². The van der Waals surface area contributed by atoms with Gasteiger partial charge in [0.15, 0.2) is 0 Å². The van der Waals surface area contributed by atoms with Crippen LogP contribution in [0.5, 0.6) is 0 Å². The van der Waals surface area contributed by atoms with Gasteiger partial charge in [-0.15, -0.1) is 0 Å². The summed E-state index contributed by atoms with van der Waals surface area (Å²) in [6.07, 6.45) is 4.08. The van der Waals surface area contributed by atoms with Gasteiger partial charge in [-0.1, -0.05) is 0 Å². The van der Waals surface area contributed by atoms with Crippen molar-refractivity contribution in [1.82, 2.24) is 10.2 Å². The lowest BCUT2D eigenvalue weighted by atomic mass is 9.90. The maximum absolute atomic E-state index is 8.85. The van der Waals surface area contributed by atoms with E-state index in [0.717, 1.165) is 38.9 Å². The van der Waals surface area contributed by atoms with E-state index in [1.807, 2.05) is 0 Å². The topological polar surface area (TPSA) is 55.7 Å². The highest BCUT2D eigenvalue weighted by Gasteiger charge is 2.24. The third-order valence-electron chi connectivity index (χ3n) is 3.26. The predicted octanol–water partition coefficient (Wildman–Crippen LogP) is 0.0512. The molecule has 0 aromatic carbocycles. The predicted molar refractivity (Wildman–Crippen MR) is 65.4 cm³/mol. The lowest BCUT2D eigenvalue weighted by molar-refractivity contribution is 0.152. The van der Waals surface area contributed by atoms with Crippen LogP contribution in [0, 0.1) is 5.92 Å². The van der Waals surface area contributed by atoms with Crippen molar-refractivity contribution in [2.45, 2.75) is 31.7 Å². The van der Waals surface area contributed by atoms with Crippen LogP contribution in [0.25, 0.3) is 0 Å². The van der Waals surface area contributed by atoms with Gasteiger partial charge in [0, 0.05) is 32.3 Å². The fraction of sp³-hybridized carbons (Fsp3) is 1.00. The smallest absolute Gasteiger partial charge is 0.0443 e. The van der Waals surface area contributed by atoms with Crippen LogP contribution in [-0.2, 0) is 0 Å². The van der Waals surface area contributed by atoms with Crippen molar-refractivity contribution in [1.29, 1.82) is 0 Å². The van der Waals surface area contributed by atoms with E-state index in [4.69, 9.17) is 10.2 Å². The standard InChI is InChI=1S/C12H26N2O2/c1-14-9-11(4-2-6-15)8-12(10-14)13-5-3-7-16/h11-13,15-16H,2-10H2,1H3. The van der Waals surface area contributed by atoms with Crippen LogP contribution in [0.1, 0.15) is 25.7 Å². The monoisotopic (exact) mass is 230 g/mol. The number of nitrogens with one attached hydrogen (secondary N) is 1. The average molecular weight is 230 g/mol. The number of aliphatic hydroxyl groups is 2. The Morgan fingerprint density at radius 2 is 1.94 bits per heavy atom. The molecule has 1 aliphatic heterocycles. The number of likely N-dealkylation sites (N-methyl/N-ethyl adjacent to an activating group) is 1. The molecule has 4 nitrogen and oxygen atoms in total. The molecule has 0 spiro atoms. The molecule has 0 aliphatic carbocycles. The summed E-state index contributed by atoms with van der Waals surface area (Å²) < 4.78 is 0. The van der Waals surface area contributed by atoms with Crippen molar-refractivity contribution in [2.75, 3.05) is 39.9 Å². The van der Waals surface area contributed by atoms with Gasteiger partial charge in [0.05, 0.1) is 0 Å². The Hall–Kier alpha value is -0.160. The van der Waals surface area contributed by atoms with Crippen LogP contribution in [0.15, 0.2) is 0 Å². The maximum Gasteiger partial charge on any atom is 0.0443 e. The summed E-state index contributed by atoms with van der Waals surface area (Å²) in [6, 6.07) is 0.550. The zero-order valence-corrected chi connectivity index (χ0v) is 10.4. The first-order valence-electron chi connectivity index (χ1n) is 6.40. The molecule has 1 heterocycles. The number of rotatable bonds is 7. The fourth-order valence-electron chi connectivity index (χ4n) is 2.57. The molecule has 1 saturated heterocycles. The molecule has 1 aliphatic rings. The van der Waals surface area contributed by atoms with Crippen molar-refractivity contribution in [3.8, 4) is 0 Å². The van der Waals surface area contributed by atoms with Crippen molar-refractivity contribution in [3.63, 3.8) is 0 Å². The van der Waals surface area contributed by atoms with Crippen LogP contribution >= 0.6 is 0 Å². The third-order valence-corrected chi connectivity index (χ3v) is 3.26. The summed E-state index contributed by atoms with van der Waals surface area (Å²) >= 11 is 0. The fourth-order valence-corrected chi connectivity index (χ4v) is 2.57. The molecule has 1 rings (SSSR count). The van der Waals surface area contributed by atoms with Crippen LogP contribution in [0.2, 0.25) is 0 Å². The van der Waals surface area contributed by atoms with Crippen LogP contribution in [-0.4, -0.2) is 61.1 Å². The largest absolute Gasteiger partial charge is 0.396 e. The molecule has 0 aromatic rings. The summed E-state index contributed by atoms with van der Waals surface area (Å²) in [5, 5.41) is 21.1. The number of hydrogen-bond acceptors (Lipinski definition) is 4. The minimum absolute atomic E-state index is 0.267. The van der Waals surface area contributed by atoms with Gasteiger partial charge in [0.1, 0.15) is 0 Å². The van der Waals surface area contributed by atoms with Crippen molar-refractivity contribution in [3.05, 3.63) is 0 Å². The van der Waals surface area contributed by atoms with Gasteiger partial charge >= 0.3 is 0 Å². The van der Waals surface area contributed by atoms with Gasteiger partial charge in [0.2, 0.25) is 0 Å². The summed E-state index contributed by atoms with van der Waals surface area (Å²) in [5.74, 6) is 0.706. The summed E-state index contributed by atoms with van der Waals surface area (Å²) in [5.41, 5.74) is 0. The molecule has 96 valence electrons. The highest BCUT2D eigenvalue weighted by Crippen LogP contribution is 2.20. The second-order valence-electron chi connectivity index (χ2n) is 4.92. The van der Waals surface area contributed by atoms with Gasteiger partial charge < -0.3 is 20.4 Å². The van der Waals surface area contributed by atoms with Crippen molar-refractivity contribution >= 4 is 0 Å². The Bertz CT molecular complexity index is 178. The van der Waals surface area contributed by atoms with Gasteiger partial charge in [-0.25, -0.2) is 0 Å². The molecule has 4 heteroatoms. The molecule has 0 radical (unpaired) electrons. The molecule has 0 aromatic heterocycles. The van der Waals surface area contributed by atoms with Gasteiger partial charge in [0.25, 0.3) is 0 Å². The zero-order chi connectivity index (χ0) is 11.8. The van der Waals surface area contributed by atoms with Crippen LogP contribution in [0.3, 0.4) is 0 Å². The molecular weight excluding hydrogens is 204 g/mol. The van der Waals surface area contributed by atoms with Gasteiger partial charge in [-0.2, -0.15) is 0 Å². The Labute approximate surface area is 98.6 Å². The second kappa shape index (κ2) is 8.01. The normalized spacial score (nSPS) is 27.2. The molecule has 1 fully saturated rings. The van der Waals surface area contributed by atoms with E-state index in [1.165, 1.54) is 6.42 Å². The van der Waals surface area contributed by atoms with E-state index in [9.17, 15) is 0 Å². The van der Waals surface area contributed by atoms with Gasteiger partial charge in [-0.05, 0) is 45.2 Å². The van der Waals surface area contributed by atoms with Crippen molar-refractivity contribution in [2.24, 2.45) is 5.92 Å². The van der Waals surface area contributed by atoms with E-state index >= 15 is 0 Å². The first kappa shape index (κ1) is 13.9. The molecule has 0 saturated carbocycles. The molecule has 16 heavy (non-hydrogen) atoms. The minimum atomic E-state index is 0.267. The Morgan fingerprint density at radius 1 is 1.19 bits per heavy atom. The van der Waals surface area contributed by atoms with E-state index in [0.29, 0.717) is 18.6 Å². The summed E-state index contributed by atoms with van der Waals surface area (Å²) in [4.78, 5) is 2.36. The van der Waals surface area contributed by atoms with Crippen LogP contribution < -0.4 is 5.32 Å². The first-order valence-corrected chi connectivity index (χ1v) is 6.40. The number of nitrogens with zero attached hydrogens (tertiary/aromatic N) is 1. The number of hydrogen-bond donors (Lipinski definition) is 3. The number of likely N-dealkylation sites (tertiary alicyclic amines) is 1. The number of piperidine rings is 1. The second-order valence-corrected chi connectivity index (χ2v) is 4.92. The van der Waals surface area contributed by atoms with Gasteiger partial charge in [-0.3, -0.25) is 0 Å². The molecule has 2 atom stereocenters. The molecule has 3 N–H and O–H groups in total. The Kier molecular flexibility index (Phi) is 6.96. The number of aliphatic hydroxyl groups excluding tert-OH is 2. The Balaban J connectivity index is 2.23. The zero-order valence-electron chi connectivity index (χ0n) is 10.4. The van der Waals surface area contributed by atoms with E-state index < -0.39 is 0 Å². The third kappa shape index (κ3) is 5.25. The summed E-state index contributed by atoms with van der Waals surface area (Å²) in [7, 11) is 2.16. The molecule has 2 unspecified atom stereocenters. The highest BCUT2D eigenvalue weighted by atomic mass is 16.3. The maximum atomic E-state index is 8.85. The minimum Gasteiger partial charge on any atom is -0.396 e. The molecule has 0 bridgehead atoms. The van der Waals surface area contributed by atoms with E-state index in [1.54, 1.807) is 0 Å². The quantitative estimate of drug-likeness (QED) is 0.541. The van der Waals surface area contributed by atoms with Crippen LogP contribution in [0.4, 0.5) is 0 Å². The SMILES string of the molecule is CN1CC(CCCO)CC(NCCCO)C1. The highest BCUT2D eigenvalue weighted by molar-refractivity contribution is 4.81. The van der Waals surface area contributed by atoms with E-state index in [-0.39, 0.29) is 6.61 Å². The first-order chi connectivity index (χ1) is 7.76. The lowest BCUT2D eigenvalue weighted by Crippen LogP contribution is -2.48.